The number of nitrogens with zero attached hydrogens (tertiary/aromatic N) is 3. The summed E-state index contributed by atoms with van der Waals surface area (Å²) in [6.07, 6.45) is 1.15. The van der Waals surface area contributed by atoms with Gasteiger partial charge in [-0.05, 0) is 31.0 Å². The molecule has 4 N–H and O–H groups in total. The lowest BCUT2D eigenvalue weighted by molar-refractivity contribution is -0.115. The van der Waals surface area contributed by atoms with Crippen LogP contribution in [0.3, 0.4) is 0 Å². The van der Waals surface area contributed by atoms with Gasteiger partial charge in [-0.3, -0.25) is 4.79 Å². The molecule has 1 aromatic carbocycles. The van der Waals surface area contributed by atoms with E-state index < -0.39 is 11.9 Å². The van der Waals surface area contributed by atoms with Crippen molar-refractivity contribution in [2.24, 2.45) is 5.73 Å². The van der Waals surface area contributed by atoms with Crippen LogP contribution in [0.4, 0.5) is 5.95 Å². The maximum Gasteiger partial charge on any atom is 0.248 e. The monoisotopic (exact) mass is 391 g/mol. The zero-order chi connectivity index (χ0) is 17.3. The van der Waals surface area contributed by atoms with Gasteiger partial charge in [0.05, 0.1) is 5.57 Å². The number of halogens is 1. The lowest BCUT2D eigenvalue weighted by atomic mass is 9.95. The molecule has 126 valence electrons. The Morgan fingerprint density at radius 2 is 2.29 bits per heavy atom. The molecule has 1 amide bonds. The summed E-state index contributed by atoms with van der Waals surface area (Å²) in [6.45, 7) is 1.88. The minimum atomic E-state index is -0.497. The lowest BCUT2D eigenvalue weighted by Gasteiger charge is -2.27. The van der Waals surface area contributed by atoms with Gasteiger partial charge in [0, 0.05) is 23.2 Å². The van der Waals surface area contributed by atoms with Gasteiger partial charge >= 0.3 is 0 Å². The average Bonchev–Trinajstić information content (AvgIpc) is 2.93. The van der Waals surface area contributed by atoms with E-state index in [0.717, 1.165) is 10.0 Å². The molecule has 1 aromatic heterocycles. The molecule has 1 aliphatic heterocycles. The Morgan fingerprint density at radius 3 is 2.96 bits per heavy atom. The van der Waals surface area contributed by atoms with Crippen LogP contribution < -0.4 is 11.1 Å². The van der Waals surface area contributed by atoms with Gasteiger partial charge in [-0.2, -0.15) is 10.1 Å². The highest BCUT2D eigenvalue weighted by molar-refractivity contribution is 9.10. The molecule has 1 atom stereocenters. The number of aliphatic hydroxyl groups is 1. The molecular weight excluding hydrogens is 374 g/mol. The first kappa shape index (κ1) is 16.7. The van der Waals surface area contributed by atoms with Gasteiger partial charge < -0.3 is 16.2 Å². The fourth-order valence-electron chi connectivity index (χ4n) is 2.84. The van der Waals surface area contributed by atoms with Crippen LogP contribution in [0, 0.1) is 0 Å². The summed E-state index contributed by atoms with van der Waals surface area (Å²) in [4.78, 5) is 16.5. The van der Waals surface area contributed by atoms with Gasteiger partial charge in [0.1, 0.15) is 6.04 Å². The van der Waals surface area contributed by atoms with Gasteiger partial charge in [-0.25, -0.2) is 4.68 Å². The van der Waals surface area contributed by atoms with Gasteiger partial charge in [-0.1, -0.05) is 28.1 Å². The third-order valence-electron chi connectivity index (χ3n) is 3.88. The number of aromatic nitrogens is 3. The summed E-state index contributed by atoms with van der Waals surface area (Å²) >= 11 is 3.46. The maximum absolute atomic E-state index is 12.0. The van der Waals surface area contributed by atoms with E-state index >= 15 is 0 Å². The molecule has 7 nitrogen and oxygen atoms in total. The molecule has 0 fully saturated rings. The Bertz CT molecular complexity index is 815. The van der Waals surface area contributed by atoms with E-state index in [9.17, 15) is 4.79 Å². The Morgan fingerprint density at radius 1 is 1.50 bits per heavy atom. The predicted octanol–water partition coefficient (Wildman–Crippen LogP) is 1.74. The topological polar surface area (TPSA) is 106 Å². The van der Waals surface area contributed by atoms with Crippen LogP contribution in [-0.2, 0) is 11.2 Å². The summed E-state index contributed by atoms with van der Waals surface area (Å²) in [5.41, 5.74) is 7.64. The van der Waals surface area contributed by atoms with Gasteiger partial charge in [0.15, 0.2) is 5.82 Å². The molecule has 0 bridgehead atoms. The van der Waals surface area contributed by atoms with Crippen LogP contribution >= 0.6 is 15.9 Å². The first-order chi connectivity index (χ1) is 11.5. The van der Waals surface area contributed by atoms with Gasteiger partial charge in [0.25, 0.3) is 0 Å². The van der Waals surface area contributed by atoms with E-state index in [-0.39, 0.29) is 6.61 Å². The number of anilines is 1. The third-order valence-corrected chi connectivity index (χ3v) is 4.38. The Hall–Kier alpha value is -2.19. The molecule has 0 saturated carbocycles. The Kier molecular flexibility index (Phi) is 4.68. The van der Waals surface area contributed by atoms with Crippen molar-refractivity contribution in [3.8, 4) is 0 Å². The molecule has 2 heterocycles. The van der Waals surface area contributed by atoms with Crippen LogP contribution in [0.5, 0.6) is 0 Å². The first-order valence-electron chi connectivity index (χ1n) is 7.60. The van der Waals surface area contributed by atoms with E-state index in [2.05, 4.69) is 31.3 Å². The molecule has 0 saturated heterocycles. The van der Waals surface area contributed by atoms with Crippen molar-refractivity contribution in [1.82, 2.24) is 14.8 Å². The fraction of sp³-hybridized carbons (Fsp3) is 0.312. The molecule has 0 radical (unpaired) electrons. The molecule has 0 aliphatic carbocycles. The van der Waals surface area contributed by atoms with Gasteiger partial charge in [0.2, 0.25) is 11.9 Å². The molecule has 8 heteroatoms. The molecule has 0 unspecified atom stereocenters. The first-order valence-corrected chi connectivity index (χ1v) is 8.40. The molecule has 2 aromatic rings. The normalized spacial score (nSPS) is 16.7. The molecule has 24 heavy (non-hydrogen) atoms. The number of primary amides is 1. The van der Waals surface area contributed by atoms with E-state index in [4.69, 9.17) is 10.8 Å². The largest absolute Gasteiger partial charge is 0.396 e. The van der Waals surface area contributed by atoms with Crippen molar-refractivity contribution < 1.29 is 9.90 Å². The quantitative estimate of drug-likeness (QED) is 0.719. The highest BCUT2D eigenvalue weighted by atomic mass is 79.9. The highest BCUT2D eigenvalue weighted by Gasteiger charge is 2.33. The number of nitrogens with two attached hydrogens (primary N) is 1. The van der Waals surface area contributed by atoms with E-state index in [1.54, 1.807) is 11.6 Å². The zero-order valence-electron chi connectivity index (χ0n) is 13.2. The smallest absolute Gasteiger partial charge is 0.248 e. The van der Waals surface area contributed by atoms with Crippen LogP contribution in [0.25, 0.3) is 0 Å². The second-order valence-electron chi connectivity index (χ2n) is 5.61. The summed E-state index contributed by atoms with van der Waals surface area (Å²) < 4.78 is 2.59. The minimum absolute atomic E-state index is 0.0795. The number of aryl methyl sites for hydroxylation is 1. The van der Waals surface area contributed by atoms with E-state index in [1.165, 1.54) is 0 Å². The number of aliphatic hydroxyl groups excluding tert-OH is 1. The number of hydrogen-bond donors (Lipinski definition) is 3. The summed E-state index contributed by atoms with van der Waals surface area (Å²) in [7, 11) is 0. The molecular formula is C16H18BrN5O2. The number of carbonyl (C=O) groups excluding carboxylic acids is 1. The van der Waals surface area contributed by atoms with Crippen molar-refractivity contribution >= 4 is 27.8 Å². The van der Waals surface area contributed by atoms with Crippen LogP contribution in [0.15, 0.2) is 40.0 Å². The number of allylic oxidation sites excluding steroid dienone is 1. The second-order valence-corrected chi connectivity index (χ2v) is 6.52. The number of fused-ring (bicyclic) bond motifs is 1. The van der Waals surface area contributed by atoms with Crippen molar-refractivity contribution in [3.63, 3.8) is 0 Å². The molecule has 3 rings (SSSR count). The van der Waals surface area contributed by atoms with Crippen molar-refractivity contribution in [1.29, 1.82) is 0 Å². The van der Waals surface area contributed by atoms with Crippen molar-refractivity contribution in [2.45, 2.75) is 25.8 Å². The number of benzene rings is 1. The standard InChI is InChI=1S/C16H18BrN5O2/c1-9-13(15(18)24)14(10-4-2-5-11(17)8-10)22-16(19-9)20-12(21-22)6-3-7-23/h2,4-5,8,14,23H,3,6-7H2,1H3,(H2,18,24)(H,19,20,21)/t14-/m1/s1. The molecule has 0 spiro atoms. The van der Waals surface area contributed by atoms with Crippen molar-refractivity contribution in [2.75, 3.05) is 11.9 Å². The number of nitrogens with one attached hydrogen (secondary N) is 1. The lowest BCUT2D eigenvalue weighted by Crippen LogP contribution is -2.31. The maximum atomic E-state index is 12.0. The summed E-state index contributed by atoms with van der Waals surface area (Å²) in [6, 6.07) is 7.24. The SMILES string of the molecule is CC1=C(C(N)=O)[C@@H](c2cccc(Br)c2)n2nc(CCCO)nc2N1. The second kappa shape index (κ2) is 6.74. The number of amides is 1. The zero-order valence-corrected chi connectivity index (χ0v) is 14.7. The Balaban J connectivity index is 2.11. The van der Waals surface area contributed by atoms with E-state index in [0.29, 0.717) is 35.9 Å². The Labute approximate surface area is 147 Å². The number of hydrogen-bond acceptors (Lipinski definition) is 5. The van der Waals surface area contributed by atoms with Crippen LogP contribution in [0.2, 0.25) is 0 Å². The molecule has 1 aliphatic rings. The highest BCUT2D eigenvalue weighted by Crippen LogP contribution is 2.35. The average molecular weight is 392 g/mol. The number of carbonyl (C=O) groups is 1. The summed E-state index contributed by atoms with van der Waals surface area (Å²) in [5, 5.41) is 16.6. The fourth-order valence-corrected chi connectivity index (χ4v) is 3.26. The minimum Gasteiger partial charge on any atom is -0.396 e. The number of rotatable bonds is 5. The van der Waals surface area contributed by atoms with Crippen LogP contribution in [-0.4, -0.2) is 32.4 Å². The summed E-state index contributed by atoms with van der Waals surface area (Å²) in [5.74, 6) is 0.684. The van der Waals surface area contributed by atoms with Crippen LogP contribution in [0.1, 0.15) is 30.8 Å². The van der Waals surface area contributed by atoms with E-state index in [1.807, 2.05) is 24.3 Å². The van der Waals surface area contributed by atoms with Gasteiger partial charge in [-0.15, -0.1) is 0 Å². The third kappa shape index (κ3) is 3.07. The van der Waals surface area contributed by atoms with Crippen molar-refractivity contribution in [3.05, 3.63) is 51.4 Å². The predicted molar refractivity (Wildman–Crippen MR) is 93.2 cm³/mol.